The molecule has 0 radical (unpaired) electrons. The molecule has 6 heteroatoms. The first-order valence-corrected chi connectivity index (χ1v) is 6.72. The van der Waals surface area contributed by atoms with Gasteiger partial charge in [0.05, 0.1) is 0 Å². The molecule has 0 atom stereocenters. The zero-order valence-corrected chi connectivity index (χ0v) is 11.1. The lowest BCUT2D eigenvalue weighted by Gasteiger charge is -2.12. The summed E-state index contributed by atoms with van der Waals surface area (Å²) in [6.07, 6.45) is 0. The largest absolute Gasteiger partial charge is 0.606 e. The van der Waals surface area contributed by atoms with Crippen molar-refractivity contribution in [3.63, 3.8) is 0 Å². The average Bonchev–Trinajstić information content (AvgIpc) is 2.35. The second kappa shape index (κ2) is 5.45. The first-order valence-electron chi connectivity index (χ1n) is 4.82. The molecule has 0 aliphatic rings. The highest BCUT2D eigenvalue weighted by Crippen LogP contribution is 2.33. The summed E-state index contributed by atoms with van der Waals surface area (Å²) < 4.78 is 38.7. The maximum Gasteiger partial charge on any atom is 0.180 e. The van der Waals surface area contributed by atoms with Crippen molar-refractivity contribution in [1.82, 2.24) is 0 Å². The summed E-state index contributed by atoms with van der Waals surface area (Å²) in [5.74, 6) is -1.37. The van der Waals surface area contributed by atoms with E-state index in [1.807, 2.05) is 0 Å². The molecule has 0 spiro atoms. The molecular formula is C12H6Cl2F2OS. The van der Waals surface area contributed by atoms with Crippen molar-refractivity contribution in [2.45, 2.75) is 9.79 Å². The molecule has 1 nitrogen and oxygen atoms in total. The maximum atomic E-state index is 13.3. The lowest BCUT2D eigenvalue weighted by atomic mass is 10.3. The fourth-order valence-electron chi connectivity index (χ4n) is 1.37. The van der Waals surface area contributed by atoms with Crippen molar-refractivity contribution in [2.24, 2.45) is 0 Å². The van der Waals surface area contributed by atoms with E-state index in [1.54, 1.807) is 0 Å². The summed E-state index contributed by atoms with van der Waals surface area (Å²) in [6, 6.07) is 7.86. The van der Waals surface area contributed by atoms with Crippen LogP contribution in [0, 0.1) is 11.6 Å². The van der Waals surface area contributed by atoms with Gasteiger partial charge in [0.1, 0.15) is 21.7 Å². The van der Waals surface area contributed by atoms with E-state index in [1.165, 1.54) is 24.3 Å². The Bertz CT molecular complexity index is 541. The zero-order valence-electron chi connectivity index (χ0n) is 8.79. The van der Waals surface area contributed by atoms with Gasteiger partial charge in [0.2, 0.25) is 0 Å². The van der Waals surface area contributed by atoms with Gasteiger partial charge in [-0.25, -0.2) is 8.78 Å². The Hall–Kier alpha value is -0.810. The normalized spacial score (nSPS) is 11.0. The van der Waals surface area contributed by atoms with E-state index >= 15 is 0 Å². The van der Waals surface area contributed by atoms with Crippen LogP contribution < -0.4 is 0 Å². The highest BCUT2D eigenvalue weighted by molar-refractivity contribution is 7.91. The van der Waals surface area contributed by atoms with E-state index in [4.69, 9.17) is 23.2 Å². The Morgan fingerprint density at radius 3 is 1.61 bits per heavy atom. The predicted molar refractivity (Wildman–Crippen MR) is 67.5 cm³/mol. The molecule has 0 saturated carbocycles. The molecule has 94 valence electrons. The summed E-state index contributed by atoms with van der Waals surface area (Å²) in [6.45, 7) is 0. The van der Waals surface area contributed by atoms with Crippen molar-refractivity contribution in [3.05, 3.63) is 58.1 Å². The van der Waals surface area contributed by atoms with Crippen LogP contribution in [0.4, 0.5) is 8.78 Å². The molecule has 0 fully saturated rings. The molecular weight excluding hydrogens is 301 g/mol. The lowest BCUT2D eigenvalue weighted by molar-refractivity contribution is 0.586. The first kappa shape index (κ1) is 13.6. The molecule has 0 saturated heterocycles. The summed E-state index contributed by atoms with van der Waals surface area (Å²) in [5, 5.41) is -0.507. The maximum absolute atomic E-state index is 13.3. The Kier molecular flexibility index (Phi) is 4.12. The van der Waals surface area contributed by atoms with Crippen LogP contribution in [0.5, 0.6) is 0 Å². The van der Waals surface area contributed by atoms with Gasteiger partial charge in [-0.15, -0.1) is 0 Å². The van der Waals surface area contributed by atoms with Gasteiger partial charge in [-0.3, -0.25) is 0 Å². The van der Waals surface area contributed by atoms with Crippen molar-refractivity contribution in [1.29, 1.82) is 0 Å². The van der Waals surface area contributed by atoms with Crippen LogP contribution in [0.15, 0.2) is 46.2 Å². The number of hydrogen-bond donors (Lipinski definition) is 0. The third-order valence-corrected chi connectivity index (χ3v) is 4.70. The highest BCUT2D eigenvalue weighted by atomic mass is 35.5. The third-order valence-electron chi connectivity index (χ3n) is 2.23. The monoisotopic (exact) mass is 306 g/mol. The van der Waals surface area contributed by atoms with Gasteiger partial charge in [-0.2, -0.15) is 0 Å². The van der Waals surface area contributed by atoms with Gasteiger partial charge in [0.15, 0.2) is 9.79 Å². The fraction of sp³-hybridized carbons (Fsp3) is 0. The van der Waals surface area contributed by atoms with Crippen molar-refractivity contribution in [2.75, 3.05) is 0 Å². The third kappa shape index (κ3) is 2.47. The minimum atomic E-state index is -1.83. The molecule has 2 aromatic rings. The SMILES string of the molecule is [O-][S+](c1cccc(F)c1Cl)c1cccc(F)c1Cl. The van der Waals surface area contributed by atoms with Crippen LogP contribution in [0.3, 0.4) is 0 Å². The number of benzene rings is 2. The van der Waals surface area contributed by atoms with Crippen molar-refractivity contribution in [3.8, 4) is 0 Å². The molecule has 0 N–H and O–H groups in total. The van der Waals surface area contributed by atoms with Gasteiger partial charge >= 0.3 is 0 Å². The predicted octanol–water partition coefficient (Wildman–Crippen LogP) is 4.44. The summed E-state index contributed by atoms with van der Waals surface area (Å²) in [5.41, 5.74) is 0. The lowest BCUT2D eigenvalue weighted by Crippen LogP contribution is -2.05. The minimum absolute atomic E-state index is 0.0594. The number of hydrogen-bond acceptors (Lipinski definition) is 1. The van der Waals surface area contributed by atoms with Gasteiger partial charge in [-0.1, -0.05) is 35.3 Å². The molecule has 0 aliphatic carbocycles. The Labute approximate surface area is 116 Å². The molecule has 0 aromatic heterocycles. The quantitative estimate of drug-likeness (QED) is 0.752. The van der Waals surface area contributed by atoms with Gasteiger partial charge in [-0.05, 0) is 24.3 Å². The summed E-state index contributed by atoms with van der Waals surface area (Å²) in [7, 11) is 0. The standard InChI is InChI=1S/C12H6Cl2F2OS/c13-11-7(15)3-1-5-9(11)18(17)10-6-2-4-8(16)12(10)14/h1-6H. The summed E-state index contributed by atoms with van der Waals surface area (Å²) >= 11 is 9.62. The molecule has 0 bridgehead atoms. The van der Waals surface area contributed by atoms with Gasteiger partial charge in [0.25, 0.3) is 0 Å². The fourth-order valence-corrected chi connectivity index (χ4v) is 3.21. The number of rotatable bonds is 2. The molecule has 0 unspecified atom stereocenters. The Morgan fingerprint density at radius 1 is 0.833 bits per heavy atom. The van der Waals surface area contributed by atoms with E-state index in [2.05, 4.69) is 0 Å². The van der Waals surface area contributed by atoms with Crippen LogP contribution in [0.1, 0.15) is 0 Å². The molecule has 0 aliphatic heterocycles. The van der Waals surface area contributed by atoms with Crippen molar-refractivity contribution >= 4 is 34.4 Å². The Morgan fingerprint density at radius 2 is 1.22 bits per heavy atom. The average molecular weight is 307 g/mol. The van der Waals surface area contributed by atoms with Crippen molar-refractivity contribution < 1.29 is 13.3 Å². The molecule has 18 heavy (non-hydrogen) atoms. The van der Waals surface area contributed by atoms with Crippen LogP contribution in [-0.4, -0.2) is 4.55 Å². The van der Waals surface area contributed by atoms with Gasteiger partial charge < -0.3 is 4.55 Å². The summed E-state index contributed by atoms with van der Waals surface area (Å²) in [4.78, 5) is 0.119. The van der Waals surface area contributed by atoms with Crippen LogP contribution in [0.25, 0.3) is 0 Å². The van der Waals surface area contributed by atoms with Crippen LogP contribution in [-0.2, 0) is 11.2 Å². The van der Waals surface area contributed by atoms with E-state index in [9.17, 15) is 13.3 Å². The zero-order chi connectivity index (χ0) is 13.3. The number of halogens is 4. The second-order valence-electron chi connectivity index (χ2n) is 3.37. The second-order valence-corrected chi connectivity index (χ2v) is 5.55. The first-order chi connectivity index (χ1) is 8.52. The van der Waals surface area contributed by atoms with Crippen LogP contribution in [0.2, 0.25) is 10.0 Å². The smallest absolute Gasteiger partial charge is 0.180 e. The topological polar surface area (TPSA) is 23.1 Å². The van der Waals surface area contributed by atoms with Crippen LogP contribution >= 0.6 is 23.2 Å². The molecule has 0 heterocycles. The van der Waals surface area contributed by atoms with E-state index in [-0.39, 0.29) is 19.8 Å². The van der Waals surface area contributed by atoms with E-state index < -0.39 is 22.8 Å². The Balaban J connectivity index is 2.51. The molecule has 2 rings (SSSR count). The van der Waals surface area contributed by atoms with E-state index in [0.717, 1.165) is 12.1 Å². The highest BCUT2D eigenvalue weighted by Gasteiger charge is 2.24. The molecule has 2 aromatic carbocycles. The molecule has 0 amide bonds. The van der Waals surface area contributed by atoms with E-state index in [0.29, 0.717) is 0 Å². The van der Waals surface area contributed by atoms with Gasteiger partial charge in [0, 0.05) is 11.2 Å². The minimum Gasteiger partial charge on any atom is -0.606 e.